The number of sulfonamides is 1. The zero-order chi connectivity index (χ0) is 19.6. The molecular weight excluding hydrogens is 375 g/mol. The van der Waals surface area contributed by atoms with Gasteiger partial charge in [-0.1, -0.05) is 0 Å². The largest absolute Gasteiger partial charge is 0.495 e. The van der Waals surface area contributed by atoms with Gasteiger partial charge in [0.1, 0.15) is 22.6 Å². The predicted octanol–water partition coefficient (Wildman–Crippen LogP) is 1.53. The second-order valence-corrected chi connectivity index (χ2v) is 8.20. The van der Waals surface area contributed by atoms with Gasteiger partial charge in [0.15, 0.2) is 5.82 Å². The molecule has 1 fully saturated rings. The summed E-state index contributed by atoms with van der Waals surface area (Å²) in [6.07, 6.45) is 3.21. The molecule has 2 aromatic rings. The standard InChI is InChI=1S/C17H21FN4O4S/c1-21(2)16-9-19-10-17(20-16)26-13-6-7-22(11-13)27(23,24)15-8-12(18)4-5-14(15)25-3/h4-5,8-10,13H,6-7,11H2,1-3H3. The predicted molar refractivity (Wildman–Crippen MR) is 97.1 cm³/mol. The molecule has 1 atom stereocenters. The normalized spacial score (nSPS) is 17.7. The molecule has 8 nitrogen and oxygen atoms in total. The highest BCUT2D eigenvalue weighted by atomic mass is 32.2. The summed E-state index contributed by atoms with van der Waals surface area (Å²) in [5, 5.41) is 0. The van der Waals surface area contributed by atoms with Crippen molar-refractivity contribution in [2.45, 2.75) is 17.4 Å². The van der Waals surface area contributed by atoms with Gasteiger partial charge in [-0.2, -0.15) is 9.29 Å². The second kappa shape index (κ2) is 7.65. The zero-order valence-corrected chi connectivity index (χ0v) is 16.1. The molecule has 1 unspecified atom stereocenters. The van der Waals surface area contributed by atoms with Crippen LogP contribution in [0.2, 0.25) is 0 Å². The molecule has 0 N–H and O–H groups in total. The number of benzene rings is 1. The Morgan fingerprint density at radius 1 is 1.30 bits per heavy atom. The van der Waals surface area contributed by atoms with Crippen molar-refractivity contribution in [3.8, 4) is 11.6 Å². The third-order valence-electron chi connectivity index (χ3n) is 4.20. The summed E-state index contributed by atoms with van der Waals surface area (Å²) >= 11 is 0. The lowest BCUT2D eigenvalue weighted by Crippen LogP contribution is -2.31. The van der Waals surface area contributed by atoms with Crippen molar-refractivity contribution in [3.05, 3.63) is 36.4 Å². The van der Waals surface area contributed by atoms with E-state index in [0.717, 1.165) is 12.1 Å². The molecule has 1 aliphatic rings. The van der Waals surface area contributed by atoms with Crippen LogP contribution >= 0.6 is 0 Å². The van der Waals surface area contributed by atoms with Crippen LogP contribution in [0.25, 0.3) is 0 Å². The molecule has 10 heteroatoms. The summed E-state index contributed by atoms with van der Waals surface area (Å²) in [6.45, 7) is 0.392. The quantitative estimate of drug-likeness (QED) is 0.732. The lowest BCUT2D eigenvalue weighted by Gasteiger charge is -2.19. The molecule has 27 heavy (non-hydrogen) atoms. The van der Waals surface area contributed by atoms with Crippen LogP contribution in [-0.2, 0) is 10.0 Å². The van der Waals surface area contributed by atoms with Gasteiger partial charge in [-0.25, -0.2) is 12.8 Å². The number of halogens is 1. The molecule has 0 radical (unpaired) electrons. The minimum atomic E-state index is -3.91. The fourth-order valence-corrected chi connectivity index (χ4v) is 4.44. The van der Waals surface area contributed by atoms with E-state index >= 15 is 0 Å². The molecule has 0 amide bonds. The molecule has 0 spiro atoms. The molecule has 1 aliphatic heterocycles. The Kier molecular flexibility index (Phi) is 5.47. The Balaban J connectivity index is 1.76. The molecule has 1 aromatic carbocycles. The van der Waals surface area contributed by atoms with Crippen LogP contribution < -0.4 is 14.4 Å². The van der Waals surface area contributed by atoms with Crippen molar-refractivity contribution in [3.63, 3.8) is 0 Å². The van der Waals surface area contributed by atoms with Crippen LogP contribution in [0.3, 0.4) is 0 Å². The maximum absolute atomic E-state index is 13.6. The van der Waals surface area contributed by atoms with Crippen LogP contribution in [0, 0.1) is 5.82 Å². The summed E-state index contributed by atoms with van der Waals surface area (Å²) < 4.78 is 51.5. The monoisotopic (exact) mass is 396 g/mol. The Morgan fingerprint density at radius 3 is 2.78 bits per heavy atom. The number of anilines is 1. The summed E-state index contributed by atoms with van der Waals surface area (Å²) in [6, 6.07) is 3.42. The first kappa shape index (κ1) is 19.3. The zero-order valence-electron chi connectivity index (χ0n) is 15.3. The van der Waals surface area contributed by atoms with Crippen molar-refractivity contribution >= 4 is 15.8 Å². The minimum Gasteiger partial charge on any atom is -0.495 e. The Hall–Kier alpha value is -2.46. The van der Waals surface area contributed by atoms with Gasteiger partial charge in [0.2, 0.25) is 15.9 Å². The molecule has 2 heterocycles. The highest BCUT2D eigenvalue weighted by Gasteiger charge is 2.35. The average molecular weight is 396 g/mol. The first-order chi connectivity index (χ1) is 12.8. The lowest BCUT2D eigenvalue weighted by molar-refractivity contribution is 0.206. The smallest absolute Gasteiger partial charge is 0.246 e. The number of hydrogen-bond donors (Lipinski definition) is 0. The Labute approximate surface area is 157 Å². The highest BCUT2D eigenvalue weighted by molar-refractivity contribution is 7.89. The van der Waals surface area contributed by atoms with Crippen molar-refractivity contribution < 1.29 is 22.3 Å². The highest BCUT2D eigenvalue weighted by Crippen LogP contribution is 2.30. The van der Waals surface area contributed by atoms with Gasteiger partial charge in [0, 0.05) is 20.6 Å². The van der Waals surface area contributed by atoms with E-state index in [1.54, 1.807) is 11.1 Å². The van der Waals surface area contributed by atoms with Gasteiger partial charge in [-0.3, -0.25) is 4.98 Å². The van der Waals surface area contributed by atoms with Crippen molar-refractivity contribution in [1.29, 1.82) is 0 Å². The average Bonchev–Trinajstić information content (AvgIpc) is 3.11. The molecule has 0 aliphatic carbocycles. The fraction of sp³-hybridized carbons (Fsp3) is 0.412. The summed E-state index contributed by atoms with van der Waals surface area (Å²) in [4.78, 5) is 10.00. The number of nitrogens with zero attached hydrogens (tertiary/aromatic N) is 4. The van der Waals surface area contributed by atoms with E-state index in [9.17, 15) is 12.8 Å². The summed E-state index contributed by atoms with van der Waals surface area (Å²) in [5.74, 6) is 0.427. The van der Waals surface area contributed by atoms with Crippen LogP contribution in [0.15, 0.2) is 35.5 Å². The molecule has 1 aromatic heterocycles. The maximum Gasteiger partial charge on any atom is 0.246 e. The number of methoxy groups -OCH3 is 1. The molecular formula is C17H21FN4O4S. The number of aromatic nitrogens is 2. The van der Waals surface area contributed by atoms with E-state index in [0.29, 0.717) is 18.1 Å². The topological polar surface area (TPSA) is 84.9 Å². The van der Waals surface area contributed by atoms with Crippen molar-refractivity contribution in [1.82, 2.24) is 14.3 Å². The third-order valence-corrected chi connectivity index (χ3v) is 6.08. The minimum absolute atomic E-state index is 0.102. The van der Waals surface area contributed by atoms with E-state index in [-0.39, 0.29) is 29.8 Å². The van der Waals surface area contributed by atoms with Crippen molar-refractivity contribution in [2.75, 3.05) is 39.2 Å². The number of ether oxygens (including phenoxy) is 2. The molecule has 0 bridgehead atoms. The summed E-state index contributed by atoms with van der Waals surface area (Å²) in [7, 11) is 1.11. The van der Waals surface area contributed by atoms with E-state index in [4.69, 9.17) is 9.47 Å². The SMILES string of the molecule is COc1ccc(F)cc1S(=O)(=O)N1CCC(Oc2cncc(N(C)C)n2)C1. The van der Waals surface area contributed by atoms with Crippen LogP contribution in [-0.4, -0.2) is 63.1 Å². The third kappa shape index (κ3) is 4.11. The van der Waals surface area contributed by atoms with Gasteiger partial charge in [0.05, 0.1) is 26.0 Å². The van der Waals surface area contributed by atoms with Gasteiger partial charge in [-0.05, 0) is 24.6 Å². The fourth-order valence-electron chi connectivity index (χ4n) is 2.78. The Bertz CT molecular complexity index is 923. The van der Waals surface area contributed by atoms with Crippen LogP contribution in [0.4, 0.5) is 10.2 Å². The Morgan fingerprint density at radius 2 is 2.07 bits per heavy atom. The number of hydrogen-bond acceptors (Lipinski definition) is 7. The van der Waals surface area contributed by atoms with Crippen LogP contribution in [0.5, 0.6) is 11.6 Å². The van der Waals surface area contributed by atoms with Gasteiger partial charge in [-0.15, -0.1) is 0 Å². The van der Waals surface area contributed by atoms with Crippen molar-refractivity contribution in [2.24, 2.45) is 0 Å². The van der Waals surface area contributed by atoms with E-state index < -0.39 is 15.8 Å². The van der Waals surface area contributed by atoms with E-state index in [1.807, 2.05) is 14.1 Å². The van der Waals surface area contributed by atoms with E-state index in [1.165, 1.54) is 23.7 Å². The first-order valence-electron chi connectivity index (χ1n) is 8.31. The number of rotatable bonds is 6. The molecule has 146 valence electrons. The lowest BCUT2D eigenvalue weighted by atomic mass is 10.3. The summed E-state index contributed by atoms with van der Waals surface area (Å²) in [5.41, 5.74) is 0. The van der Waals surface area contributed by atoms with E-state index in [2.05, 4.69) is 9.97 Å². The second-order valence-electron chi connectivity index (χ2n) is 6.30. The van der Waals surface area contributed by atoms with Gasteiger partial charge < -0.3 is 14.4 Å². The van der Waals surface area contributed by atoms with Gasteiger partial charge >= 0.3 is 0 Å². The molecule has 0 saturated carbocycles. The molecule has 1 saturated heterocycles. The first-order valence-corrected chi connectivity index (χ1v) is 9.75. The maximum atomic E-state index is 13.6. The van der Waals surface area contributed by atoms with Crippen LogP contribution in [0.1, 0.15) is 6.42 Å². The van der Waals surface area contributed by atoms with Gasteiger partial charge in [0.25, 0.3) is 0 Å². The molecule has 3 rings (SSSR count).